The smallest absolute Gasteiger partial charge is 0.462 e. The van der Waals surface area contributed by atoms with Crippen LogP contribution in [0.5, 0.6) is 0 Å². The van der Waals surface area contributed by atoms with E-state index in [1.807, 2.05) is 0 Å². The van der Waals surface area contributed by atoms with Gasteiger partial charge in [-0.25, -0.2) is 9.13 Å². The summed E-state index contributed by atoms with van der Waals surface area (Å²) in [6, 6.07) is 0. The number of phosphoric ester groups is 2. The second-order valence-electron chi connectivity index (χ2n) is 29.5. The lowest BCUT2D eigenvalue weighted by Crippen LogP contribution is -2.30. The van der Waals surface area contributed by atoms with Gasteiger partial charge in [0.25, 0.3) is 0 Å². The van der Waals surface area contributed by atoms with E-state index in [0.29, 0.717) is 25.7 Å². The first kappa shape index (κ1) is 95.1. The van der Waals surface area contributed by atoms with Gasteiger partial charge in [-0.3, -0.25) is 37.3 Å². The summed E-state index contributed by atoms with van der Waals surface area (Å²) >= 11 is 0. The summed E-state index contributed by atoms with van der Waals surface area (Å²) < 4.78 is 68.5. The fourth-order valence-corrected chi connectivity index (χ4v) is 13.5. The molecule has 576 valence electrons. The van der Waals surface area contributed by atoms with Gasteiger partial charge < -0.3 is 33.8 Å². The Balaban J connectivity index is 5.17. The first-order valence-corrected chi connectivity index (χ1v) is 43.3. The normalized spacial score (nSPS) is 14.0. The molecule has 0 bridgehead atoms. The molecular weight excluding hydrogens is 1270 g/mol. The number of hydrogen-bond donors (Lipinski definition) is 3. The molecule has 0 spiro atoms. The molecule has 0 heterocycles. The molecule has 0 aliphatic carbocycles. The largest absolute Gasteiger partial charge is 0.472 e. The molecule has 0 rings (SSSR count). The number of ether oxygens (including phenoxy) is 4. The van der Waals surface area contributed by atoms with Crippen molar-refractivity contribution in [2.24, 2.45) is 17.8 Å². The van der Waals surface area contributed by atoms with Crippen molar-refractivity contribution in [3.05, 3.63) is 0 Å². The molecule has 2 unspecified atom stereocenters. The van der Waals surface area contributed by atoms with Crippen LogP contribution in [0.3, 0.4) is 0 Å². The Hall–Kier alpha value is -1.94. The molecule has 0 aromatic rings. The second-order valence-corrected chi connectivity index (χ2v) is 32.4. The van der Waals surface area contributed by atoms with Crippen molar-refractivity contribution in [1.29, 1.82) is 0 Å². The molecule has 0 fully saturated rings. The lowest BCUT2D eigenvalue weighted by atomic mass is 10.0. The number of aliphatic hydroxyl groups is 1. The predicted molar refractivity (Wildman–Crippen MR) is 395 cm³/mol. The highest BCUT2D eigenvalue weighted by molar-refractivity contribution is 7.47. The molecule has 0 saturated heterocycles. The van der Waals surface area contributed by atoms with E-state index in [1.54, 1.807) is 0 Å². The van der Waals surface area contributed by atoms with Crippen LogP contribution in [0.2, 0.25) is 0 Å². The third-order valence-electron chi connectivity index (χ3n) is 18.1. The Labute approximate surface area is 594 Å². The molecule has 5 atom stereocenters. The van der Waals surface area contributed by atoms with E-state index in [0.717, 1.165) is 120 Å². The van der Waals surface area contributed by atoms with E-state index in [4.69, 9.17) is 37.0 Å². The highest BCUT2D eigenvalue weighted by atomic mass is 31.2. The van der Waals surface area contributed by atoms with Crippen LogP contribution in [-0.2, 0) is 65.4 Å². The lowest BCUT2D eigenvalue weighted by Gasteiger charge is -2.21. The van der Waals surface area contributed by atoms with Gasteiger partial charge in [0.1, 0.15) is 19.3 Å². The third-order valence-corrected chi connectivity index (χ3v) is 20.0. The van der Waals surface area contributed by atoms with Gasteiger partial charge in [0.2, 0.25) is 0 Å². The Morgan fingerprint density at radius 3 is 0.701 bits per heavy atom. The number of phosphoric acid groups is 2. The van der Waals surface area contributed by atoms with Crippen LogP contribution in [0.1, 0.15) is 402 Å². The monoisotopic (exact) mass is 1420 g/mol. The molecule has 0 saturated carbocycles. The van der Waals surface area contributed by atoms with Crippen LogP contribution in [0, 0.1) is 17.8 Å². The van der Waals surface area contributed by atoms with E-state index >= 15 is 0 Å². The van der Waals surface area contributed by atoms with Gasteiger partial charge in [0, 0.05) is 25.7 Å². The molecule has 3 N–H and O–H groups in total. The number of carbonyl (C=O) groups is 4. The molecule has 0 amide bonds. The average molecular weight is 1420 g/mol. The highest BCUT2D eigenvalue weighted by Crippen LogP contribution is 2.45. The highest BCUT2D eigenvalue weighted by Gasteiger charge is 2.30. The predicted octanol–water partition coefficient (Wildman–Crippen LogP) is 23.0. The minimum atomic E-state index is -4.96. The van der Waals surface area contributed by atoms with Gasteiger partial charge in [-0.1, -0.05) is 350 Å². The number of esters is 4. The van der Waals surface area contributed by atoms with Crippen LogP contribution in [0.25, 0.3) is 0 Å². The third kappa shape index (κ3) is 72.2. The molecular formula is C78H152O17P2. The minimum absolute atomic E-state index is 0.105. The van der Waals surface area contributed by atoms with Crippen LogP contribution in [-0.4, -0.2) is 96.7 Å². The minimum Gasteiger partial charge on any atom is -0.462 e. The summed E-state index contributed by atoms with van der Waals surface area (Å²) in [4.78, 5) is 72.7. The van der Waals surface area contributed by atoms with Crippen molar-refractivity contribution in [2.45, 2.75) is 420 Å². The summed E-state index contributed by atoms with van der Waals surface area (Å²) in [6.07, 6.45) is 55.8. The van der Waals surface area contributed by atoms with Crippen LogP contribution in [0.4, 0.5) is 0 Å². The van der Waals surface area contributed by atoms with Crippen LogP contribution < -0.4 is 0 Å². The average Bonchev–Trinajstić information content (AvgIpc) is 1.61. The number of rotatable bonds is 76. The van der Waals surface area contributed by atoms with Crippen molar-refractivity contribution >= 4 is 39.5 Å². The van der Waals surface area contributed by atoms with Crippen molar-refractivity contribution in [2.75, 3.05) is 39.6 Å². The van der Waals surface area contributed by atoms with E-state index in [1.165, 1.54) is 199 Å². The fourth-order valence-electron chi connectivity index (χ4n) is 12.0. The Bertz CT molecular complexity index is 1890. The molecule has 0 aliphatic rings. The maximum atomic E-state index is 13.1. The number of unbranched alkanes of at least 4 members (excludes halogenated alkanes) is 44. The summed E-state index contributed by atoms with van der Waals surface area (Å²) in [7, 11) is -9.91. The van der Waals surface area contributed by atoms with E-state index in [-0.39, 0.29) is 25.7 Å². The molecule has 0 aromatic heterocycles. The van der Waals surface area contributed by atoms with Crippen molar-refractivity contribution in [1.82, 2.24) is 0 Å². The molecule has 97 heavy (non-hydrogen) atoms. The fraction of sp³-hybridized carbons (Fsp3) is 0.949. The SMILES string of the molecule is CCCCCCCCCC(=O)OC[C@H](COP(=O)(O)OC[C@H](O)COP(=O)(O)OC[C@@H](COC(=O)CCCCCCCCCCCCCCCCC(C)C)OC(=O)CCCCCCCCCCCCCCCCCCCCC(C)C)OC(=O)CCCCCCCCCCCC(C)C. The zero-order valence-electron chi connectivity index (χ0n) is 63.5. The van der Waals surface area contributed by atoms with Gasteiger partial charge in [0.05, 0.1) is 26.4 Å². The van der Waals surface area contributed by atoms with E-state index in [2.05, 4.69) is 48.5 Å². The van der Waals surface area contributed by atoms with Gasteiger partial charge in [-0.2, -0.15) is 0 Å². The zero-order chi connectivity index (χ0) is 71.6. The standard InChI is InChI=1S/C78H152O17P2/c1-8-9-10-11-35-45-52-59-75(80)88-65-73(94-78(83)62-55-48-41-34-28-31-38-44-51-58-71(6)7)67-92-96(84,85)90-63-72(79)64-91-97(86,87)93-68-74(66-89-76(81)60-53-46-39-32-26-22-19-18-21-25-30-37-43-50-57-70(4)5)95-77(82)61-54-47-40-33-27-23-17-15-13-12-14-16-20-24-29-36-42-49-56-69(2)3/h69-74,79H,8-68H2,1-7H3,(H,84,85)(H,86,87)/t72-,73+,74+/m0/s1. The van der Waals surface area contributed by atoms with Gasteiger partial charge in [0.15, 0.2) is 12.2 Å². The maximum Gasteiger partial charge on any atom is 0.472 e. The first-order valence-electron chi connectivity index (χ1n) is 40.3. The topological polar surface area (TPSA) is 237 Å². The Morgan fingerprint density at radius 1 is 0.278 bits per heavy atom. The molecule has 19 heteroatoms. The summed E-state index contributed by atoms with van der Waals surface area (Å²) in [6.45, 7) is 11.9. The van der Waals surface area contributed by atoms with E-state index < -0.39 is 97.5 Å². The molecule has 17 nitrogen and oxygen atoms in total. The van der Waals surface area contributed by atoms with Gasteiger partial charge >= 0.3 is 39.5 Å². The summed E-state index contributed by atoms with van der Waals surface area (Å²) in [5.74, 6) is 0.236. The van der Waals surface area contributed by atoms with E-state index in [9.17, 15) is 43.2 Å². The number of aliphatic hydroxyl groups excluding tert-OH is 1. The van der Waals surface area contributed by atoms with Crippen LogP contribution in [0.15, 0.2) is 0 Å². The summed E-state index contributed by atoms with van der Waals surface area (Å²) in [5.41, 5.74) is 0. The van der Waals surface area contributed by atoms with Crippen molar-refractivity contribution in [3.63, 3.8) is 0 Å². The molecule has 0 radical (unpaired) electrons. The zero-order valence-corrected chi connectivity index (χ0v) is 65.3. The Kier molecular flexibility index (Phi) is 67.1. The quantitative estimate of drug-likeness (QED) is 0.0222. The lowest BCUT2D eigenvalue weighted by molar-refractivity contribution is -0.161. The van der Waals surface area contributed by atoms with Crippen LogP contribution >= 0.6 is 15.6 Å². The van der Waals surface area contributed by atoms with Gasteiger partial charge in [-0.05, 0) is 43.4 Å². The second kappa shape index (κ2) is 68.5. The first-order chi connectivity index (χ1) is 46.7. The van der Waals surface area contributed by atoms with Crippen molar-refractivity contribution in [3.8, 4) is 0 Å². The maximum absolute atomic E-state index is 13.1. The molecule has 0 aliphatic heterocycles. The number of hydrogen-bond acceptors (Lipinski definition) is 15. The van der Waals surface area contributed by atoms with Crippen molar-refractivity contribution < 1.29 is 80.2 Å². The Morgan fingerprint density at radius 2 is 0.474 bits per heavy atom. The summed E-state index contributed by atoms with van der Waals surface area (Å²) in [5, 5.41) is 10.6. The molecule has 0 aromatic carbocycles. The number of carbonyl (C=O) groups excluding carboxylic acids is 4. The van der Waals surface area contributed by atoms with Gasteiger partial charge in [-0.15, -0.1) is 0 Å².